The summed E-state index contributed by atoms with van der Waals surface area (Å²) in [4.78, 5) is 4.67. The summed E-state index contributed by atoms with van der Waals surface area (Å²) in [5, 5.41) is 11.1. The van der Waals surface area contributed by atoms with E-state index >= 15 is 0 Å². The molecule has 2 rings (SSSR count). The molecule has 2 heterocycles. The van der Waals surface area contributed by atoms with E-state index in [-0.39, 0.29) is 24.0 Å². The number of aryl methyl sites for hydroxylation is 2. The van der Waals surface area contributed by atoms with Crippen molar-refractivity contribution < 1.29 is 0 Å². The maximum Gasteiger partial charge on any atom is 0.191 e. The Hall–Kier alpha value is -1.51. The number of aliphatic imine (C=N–C) groups is 1. The summed E-state index contributed by atoms with van der Waals surface area (Å²) in [6.07, 6.45) is 5.05. The van der Waals surface area contributed by atoms with Crippen molar-refractivity contribution in [1.82, 2.24) is 25.0 Å². The largest absolute Gasteiger partial charge is 0.357 e. The number of hydrogen-bond acceptors (Lipinski definition) is 2. The van der Waals surface area contributed by atoms with E-state index in [1.165, 1.54) is 11.3 Å². The number of nitrogens with zero attached hydrogens (tertiary/aromatic N) is 4. The van der Waals surface area contributed by atoms with Gasteiger partial charge in [-0.25, -0.2) is 0 Å². The summed E-state index contributed by atoms with van der Waals surface area (Å²) in [6, 6.07) is 4.08. The second-order valence-corrected chi connectivity index (χ2v) is 5.63. The highest BCUT2D eigenvalue weighted by atomic mass is 127. The highest BCUT2D eigenvalue weighted by Gasteiger charge is 2.08. The molecule has 0 atom stereocenters. The number of rotatable bonds is 7. The van der Waals surface area contributed by atoms with Crippen molar-refractivity contribution >= 4 is 29.9 Å². The molecule has 6 nitrogen and oxygen atoms in total. The standard InChI is InChI=1S/C17H28N6.HI/c1-5-18-17(20-10-13-23-11-6-7-12-23)19-9-8-16-14(2)21-22(4)15(16)3;/h6-7,11-12H,5,8-10,13H2,1-4H3,(H2,18,19,20);1H. The third kappa shape index (κ3) is 5.85. The highest BCUT2D eigenvalue weighted by Crippen LogP contribution is 2.12. The molecule has 134 valence electrons. The fraction of sp³-hybridized carbons (Fsp3) is 0.529. The van der Waals surface area contributed by atoms with Crippen LogP contribution in [0, 0.1) is 13.8 Å². The number of guanidine groups is 1. The third-order valence-electron chi connectivity index (χ3n) is 3.96. The molecule has 0 aliphatic heterocycles. The van der Waals surface area contributed by atoms with Gasteiger partial charge in [0.2, 0.25) is 0 Å². The minimum Gasteiger partial charge on any atom is -0.357 e. The molecule has 0 saturated heterocycles. The van der Waals surface area contributed by atoms with Crippen molar-refractivity contribution in [3.05, 3.63) is 41.5 Å². The molecule has 7 heteroatoms. The molecule has 0 aliphatic carbocycles. The SMILES string of the molecule is CCNC(=NCCc1c(C)nn(C)c1C)NCCn1cccc1.I. The van der Waals surface area contributed by atoms with E-state index in [1.807, 2.05) is 23.9 Å². The van der Waals surface area contributed by atoms with Gasteiger partial charge in [-0.05, 0) is 44.9 Å². The van der Waals surface area contributed by atoms with Crippen molar-refractivity contribution in [3.8, 4) is 0 Å². The van der Waals surface area contributed by atoms with Crippen molar-refractivity contribution in [2.45, 2.75) is 33.7 Å². The quantitative estimate of drug-likeness (QED) is 0.392. The molecule has 0 bridgehead atoms. The van der Waals surface area contributed by atoms with E-state index in [2.05, 4.69) is 58.5 Å². The predicted molar refractivity (Wildman–Crippen MR) is 110 cm³/mol. The molecule has 0 aromatic carbocycles. The lowest BCUT2D eigenvalue weighted by Gasteiger charge is -2.11. The molecule has 0 fully saturated rings. The normalized spacial score (nSPS) is 11.2. The van der Waals surface area contributed by atoms with Crippen LogP contribution in [0.4, 0.5) is 0 Å². The molecule has 2 N–H and O–H groups in total. The lowest BCUT2D eigenvalue weighted by atomic mass is 10.1. The van der Waals surface area contributed by atoms with Crippen LogP contribution >= 0.6 is 24.0 Å². The van der Waals surface area contributed by atoms with Crippen LogP contribution in [0.3, 0.4) is 0 Å². The van der Waals surface area contributed by atoms with Gasteiger partial charge in [0.15, 0.2) is 5.96 Å². The molecular weight excluding hydrogens is 415 g/mol. The van der Waals surface area contributed by atoms with E-state index in [1.54, 1.807) is 0 Å². The number of halogens is 1. The minimum absolute atomic E-state index is 0. The van der Waals surface area contributed by atoms with Gasteiger partial charge in [-0.15, -0.1) is 24.0 Å². The van der Waals surface area contributed by atoms with Gasteiger partial charge >= 0.3 is 0 Å². The molecule has 0 saturated carbocycles. The topological polar surface area (TPSA) is 59.2 Å². The number of aromatic nitrogens is 3. The van der Waals surface area contributed by atoms with E-state index in [4.69, 9.17) is 0 Å². The fourth-order valence-corrected chi connectivity index (χ4v) is 2.62. The first kappa shape index (κ1) is 20.5. The van der Waals surface area contributed by atoms with Crippen LogP contribution in [-0.2, 0) is 20.0 Å². The first-order chi connectivity index (χ1) is 11.1. The molecule has 0 spiro atoms. The van der Waals surface area contributed by atoms with E-state index < -0.39 is 0 Å². The van der Waals surface area contributed by atoms with Crippen LogP contribution in [0.15, 0.2) is 29.5 Å². The number of hydrogen-bond donors (Lipinski definition) is 2. The average molecular weight is 444 g/mol. The van der Waals surface area contributed by atoms with Gasteiger partial charge in [0, 0.05) is 51.3 Å². The van der Waals surface area contributed by atoms with Gasteiger partial charge in [-0.1, -0.05) is 0 Å². The Morgan fingerprint density at radius 2 is 1.92 bits per heavy atom. The van der Waals surface area contributed by atoms with Crippen LogP contribution in [0.1, 0.15) is 23.9 Å². The van der Waals surface area contributed by atoms with Crippen LogP contribution in [0.25, 0.3) is 0 Å². The summed E-state index contributed by atoms with van der Waals surface area (Å²) < 4.78 is 4.09. The summed E-state index contributed by atoms with van der Waals surface area (Å²) in [6.45, 7) is 9.65. The average Bonchev–Trinajstić information content (AvgIpc) is 3.11. The number of nitrogens with one attached hydrogen (secondary N) is 2. The van der Waals surface area contributed by atoms with Crippen LogP contribution in [0.5, 0.6) is 0 Å². The zero-order chi connectivity index (χ0) is 16.7. The van der Waals surface area contributed by atoms with Crippen molar-refractivity contribution in [3.63, 3.8) is 0 Å². The molecule has 0 radical (unpaired) electrons. The Morgan fingerprint density at radius 3 is 2.50 bits per heavy atom. The molecule has 0 unspecified atom stereocenters. The molecular formula is C17H29IN6. The summed E-state index contributed by atoms with van der Waals surface area (Å²) >= 11 is 0. The van der Waals surface area contributed by atoms with Gasteiger partial charge in [0.1, 0.15) is 0 Å². The van der Waals surface area contributed by atoms with Crippen LogP contribution in [0.2, 0.25) is 0 Å². The second-order valence-electron chi connectivity index (χ2n) is 5.63. The molecule has 2 aromatic rings. The van der Waals surface area contributed by atoms with Gasteiger partial charge < -0.3 is 15.2 Å². The Balaban J connectivity index is 0.00000288. The smallest absolute Gasteiger partial charge is 0.191 e. The zero-order valence-corrected chi connectivity index (χ0v) is 17.4. The highest BCUT2D eigenvalue weighted by molar-refractivity contribution is 14.0. The summed E-state index contributed by atoms with van der Waals surface area (Å²) in [5.74, 6) is 0.874. The van der Waals surface area contributed by atoms with Crippen LogP contribution in [-0.4, -0.2) is 39.9 Å². The second kappa shape index (κ2) is 10.4. The Labute approximate surface area is 161 Å². The first-order valence-electron chi connectivity index (χ1n) is 8.23. The van der Waals surface area contributed by atoms with Gasteiger partial charge in [-0.2, -0.15) is 5.10 Å². The van der Waals surface area contributed by atoms with E-state index in [0.717, 1.165) is 44.3 Å². The lowest BCUT2D eigenvalue weighted by molar-refractivity contribution is 0.665. The van der Waals surface area contributed by atoms with Gasteiger partial charge in [0.05, 0.1) is 5.69 Å². The Kier molecular flexibility index (Phi) is 8.88. The van der Waals surface area contributed by atoms with Crippen LogP contribution < -0.4 is 10.6 Å². The van der Waals surface area contributed by atoms with Gasteiger partial charge in [-0.3, -0.25) is 9.67 Å². The minimum atomic E-state index is 0. The maximum atomic E-state index is 4.67. The van der Waals surface area contributed by atoms with E-state index in [9.17, 15) is 0 Å². The maximum absolute atomic E-state index is 4.67. The molecule has 0 amide bonds. The first-order valence-corrected chi connectivity index (χ1v) is 8.23. The van der Waals surface area contributed by atoms with Gasteiger partial charge in [0.25, 0.3) is 0 Å². The zero-order valence-electron chi connectivity index (χ0n) is 15.0. The van der Waals surface area contributed by atoms with E-state index in [0.29, 0.717) is 0 Å². The lowest BCUT2D eigenvalue weighted by Crippen LogP contribution is -2.39. The predicted octanol–water partition coefficient (Wildman–Crippen LogP) is 2.25. The molecule has 2 aromatic heterocycles. The van der Waals surface area contributed by atoms with Crippen molar-refractivity contribution in [2.75, 3.05) is 19.6 Å². The third-order valence-corrected chi connectivity index (χ3v) is 3.96. The van der Waals surface area contributed by atoms with Crippen molar-refractivity contribution in [2.24, 2.45) is 12.0 Å². The summed E-state index contributed by atoms with van der Waals surface area (Å²) in [5.41, 5.74) is 3.63. The molecule has 24 heavy (non-hydrogen) atoms. The summed E-state index contributed by atoms with van der Waals surface area (Å²) in [7, 11) is 1.99. The molecule has 0 aliphatic rings. The Bertz CT molecular complexity index is 630. The van der Waals surface area contributed by atoms with Crippen molar-refractivity contribution in [1.29, 1.82) is 0 Å². The Morgan fingerprint density at radius 1 is 1.21 bits per heavy atom. The fourth-order valence-electron chi connectivity index (χ4n) is 2.62. The monoisotopic (exact) mass is 444 g/mol.